The summed E-state index contributed by atoms with van der Waals surface area (Å²) in [5.41, 5.74) is 2.50. The number of rotatable bonds is 7. The van der Waals surface area contributed by atoms with Gasteiger partial charge in [0.15, 0.2) is 0 Å². The Morgan fingerprint density at radius 3 is 2.30 bits per heavy atom. The lowest BCUT2D eigenvalue weighted by molar-refractivity contribution is 0.0696. The monoisotopic (exact) mass is 381 g/mol. The summed E-state index contributed by atoms with van der Waals surface area (Å²) < 4.78 is 27.8. The van der Waals surface area contributed by atoms with Gasteiger partial charge in [0.2, 0.25) is 0 Å². The minimum absolute atomic E-state index is 0.203. The van der Waals surface area contributed by atoms with E-state index in [-0.39, 0.29) is 10.5 Å². The van der Waals surface area contributed by atoms with E-state index in [1.54, 1.807) is 60.7 Å². The molecule has 0 aliphatic rings. The van der Waals surface area contributed by atoms with Gasteiger partial charge >= 0.3 is 5.97 Å². The van der Waals surface area contributed by atoms with E-state index in [9.17, 15) is 13.2 Å². The molecule has 3 rings (SSSR count). The number of carboxylic acid groups (broad SMARTS) is 1. The van der Waals surface area contributed by atoms with E-state index in [0.29, 0.717) is 18.5 Å². The molecule has 5 nitrogen and oxygen atoms in total. The number of carboxylic acids is 1. The summed E-state index contributed by atoms with van der Waals surface area (Å²) in [4.78, 5) is 11.3. The van der Waals surface area contributed by atoms with Crippen molar-refractivity contribution >= 4 is 21.7 Å². The van der Waals surface area contributed by atoms with Crippen molar-refractivity contribution in [2.75, 3.05) is 4.72 Å². The molecule has 0 aliphatic heterocycles. The van der Waals surface area contributed by atoms with Gasteiger partial charge < -0.3 is 5.11 Å². The predicted octanol–water partition coefficient (Wildman–Crippen LogP) is 3.97. The van der Waals surface area contributed by atoms with Crippen LogP contribution >= 0.6 is 0 Å². The van der Waals surface area contributed by atoms with E-state index in [2.05, 4.69) is 4.72 Å². The number of anilines is 1. The van der Waals surface area contributed by atoms with Gasteiger partial charge in [-0.1, -0.05) is 48.5 Å². The van der Waals surface area contributed by atoms with Crippen LogP contribution in [-0.2, 0) is 22.9 Å². The number of para-hydroxylation sites is 1. The Kier molecular flexibility index (Phi) is 5.57. The van der Waals surface area contributed by atoms with E-state index in [1.165, 1.54) is 0 Å². The molecule has 3 aromatic rings. The Bertz CT molecular complexity index is 1050. The molecule has 138 valence electrons. The number of sulfonamides is 1. The van der Waals surface area contributed by atoms with Gasteiger partial charge in [0.1, 0.15) is 0 Å². The van der Waals surface area contributed by atoms with Crippen molar-refractivity contribution in [3.05, 3.63) is 95.6 Å². The first-order valence-electron chi connectivity index (χ1n) is 8.44. The maximum Gasteiger partial charge on any atom is 0.335 e. The first-order valence-corrected chi connectivity index (χ1v) is 9.92. The van der Waals surface area contributed by atoms with Crippen LogP contribution in [0.5, 0.6) is 0 Å². The summed E-state index contributed by atoms with van der Waals surface area (Å²) >= 11 is 0. The number of aromatic carboxylic acids is 1. The lowest BCUT2D eigenvalue weighted by Crippen LogP contribution is -2.14. The summed E-state index contributed by atoms with van der Waals surface area (Å²) in [5.74, 6) is -0.965. The number of carbonyl (C=O) groups is 1. The number of aryl methyl sites for hydroxylation is 2. The van der Waals surface area contributed by atoms with Crippen molar-refractivity contribution < 1.29 is 18.3 Å². The normalized spacial score (nSPS) is 11.1. The Balaban J connectivity index is 1.79. The van der Waals surface area contributed by atoms with Gasteiger partial charge in [-0.15, -0.1) is 0 Å². The molecule has 0 radical (unpaired) electrons. The molecule has 0 unspecified atom stereocenters. The average Bonchev–Trinajstić information content (AvgIpc) is 2.68. The van der Waals surface area contributed by atoms with Crippen molar-refractivity contribution in [2.24, 2.45) is 0 Å². The maximum atomic E-state index is 12.6. The Hall–Kier alpha value is -3.12. The lowest BCUT2D eigenvalue weighted by atomic mass is 10.0. The average molecular weight is 381 g/mol. The third-order valence-corrected chi connectivity index (χ3v) is 5.55. The van der Waals surface area contributed by atoms with Gasteiger partial charge in [0.25, 0.3) is 10.0 Å². The van der Waals surface area contributed by atoms with Crippen LogP contribution < -0.4 is 4.72 Å². The third kappa shape index (κ3) is 4.74. The lowest BCUT2D eigenvalue weighted by Gasteiger charge is -2.13. The number of hydrogen-bond donors (Lipinski definition) is 2. The van der Waals surface area contributed by atoms with Crippen LogP contribution in [0.2, 0.25) is 0 Å². The zero-order valence-corrected chi connectivity index (χ0v) is 15.3. The molecule has 0 fully saturated rings. The molecular formula is C21H19NO4S. The second-order valence-electron chi connectivity index (χ2n) is 6.08. The van der Waals surface area contributed by atoms with Crippen LogP contribution in [0, 0.1) is 0 Å². The van der Waals surface area contributed by atoms with E-state index in [0.717, 1.165) is 11.1 Å². The molecule has 0 spiro atoms. The van der Waals surface area contributed by atoms with Crippen LogP contribution in [-0.4, -0.2) is 19.5 Å². The number of benzene rings is 3. The zero-order valence-electron chi connectivity index (χ0n) is 14.5. The second-order valence-corrected chi connectivity index (χ2v) is 7.76. The van der Waals surface area contributed by atoms with Crippen LogP contribution in [0.15, 0.2) is 83.8 Å². The quantitative estimate of drug-likeness (QED) is 0.649. The number of hydrogen-bond acceptors (Lipinski definition) is 3. The minimum atomic E-state index is -3.66. The van der Waals surface area contributed by atoms with Gasteiger partial charge in [-0.25, -0.2) is 13.2 Å². The Morgan fingerprint density at radius 1 is 0.852 bits per heavy atom. The SMILES string of the molecule is O=C(O)c1cccc(CCc2ccccc2NS(=O)(=O)c2ccccc2)c1. The zero-order chi connectivity index (χ0) is 19.3. The third-order valence-electron chi connectivity index (χ3n) is 4.17. The molecule has 0 aliphatic carbocycles. The highest BCUT2D eigenvalue weighted by Crippen LogP contribution is 2.22. The second kappa shape index (κ2) is 8.05. The van der Waals surface area contributed by atoms with E-state index in [4.69, 9.17) is 5.11 Å². The van der Waals surface area contributed by atoms with Gasteiger partial charge in [0.05, 0.1) is 16.1 Å². The summed E-state index contributed by atoms with van der Waals surface area (Å²) in [6, 6.07) is 22.2. The van der Waals surface area contributed by atoms with Crippen molar-refractivity contribution in [1.29, 1.82) is 0 Å². The highest BCUT2D eigenvalue weighted by atomic mass is 32.2. The van der Waals surface area contributed by atoms with E-state index < -0.39 is 16.0 Å². The van der Waals surface area contributed by atoms with Crippen LogP contribution in [0.3, 0.4) is 0 Å². The molecule has 0 heterocycles. The van der Waals surface area contributed by atoms with Crippen molar-refractivity contribution in [2.45, 2.75) is 17.7 Å². The molecule has 6 heteroatoms. The molecule has 0 aromatic heterocycles. The van der Waals surface area contributed by atoms with Gasteiger partial charge in [-0.3, -0.25) is 4.72 Å². The van der Waals surface area contributed by atoms with Gasteiger partial charge in [0, 0.05) is 0 Å². The molecule has 0 atom stereocenters. The van der Waals surface area contributed by atoms with Crippen LogP contribution in [0.1, 0.15) is 21.5 Å². The highest BCUT2D eigenvalue weighted by Gasteiger charge is 2.15. The number of nitrogens with one attached hydrogen (secondary N) is 1. The molecule has 3 aromatic carbocycles. The largest absolute Gasteiger partial charge is 0.478 e. The van der Waals surface area contributed by atoms with E-state index >= 15 is 0 Å². The molecule has 0 saturated carbocycles. The molecule has 27 heavy (non-hydrogen) atoms. The van der Waals surface area contributed by atoms with Gasteiger partial charge in [-0.2, -0.15) is 0 Å². The summed E-state index contributed by atoms with van der Waals surface area (Å²) in [5, 5.41) is 9.10. The molecule has 0 saturated heterocycles. The highest BCUT2D eigenvalue weighted by molar-refractivity contribution is 7.92. The molecule has 0 bridgehead atoms. The fraction of sp³-hybridized carbons (Fsp3) is 0.0952. The predicted molar refractivity (Wildman–Crippen MR) is 105 cm³/mol. The molecular weight excluding hydrogens is 362 g/mol. The fourth-order valence-electron chi connectivity index (χ4n) is 2.78. The Morgan fingerprint density at radius 2 is 1.56 bits per heavy atom. The smallest absolute Gasteiger partial charge is 0.335 e. The van der Waals surface area contributed by atoms with Crippen LogP contribution in [0.25, 0.3) is 0 Å². The van der Waals surface area contributed by atoms with Crippen molar-refractivity contribution in [3.63, 3.8) is 0 Å². The van der Waals surface area contributed by atoms with Gasteiger partial charge in [-0.05, 0) is 54.3 Å². The first-order chi connectivity index (χ1) is 13.0. The fourth-order valence-corrected chi connectivity index (χ4v) is 3.90. The Labute approximate surface area is 158 Å². The van der Waals surface area contributed by atoms with Crippen molar-refractivity contribution in [1.82, 2.24) is 0 Å². The first kappa shape index (κ1) is 18.7. The summed E-state index contributed by atoms with van der Waals surface area (Å²) in [7, 11) is -3.66. The maximum absolute atomic E-state index is 12.6. The molecule has 2 N–H and O–H groups in total. The minimum Gasteiger partial charge on any atom is -0.478 e. The summed E-state index contributed by atoms with van der Waals surface area (Å²) in [6.45, 7) is 0. The standard InChI is InChI=1S/C21H19NO4S/c23-21(24)18-9-6-7-16(15-18)13-14-17-8-4-5-12-20(17)22-27(25,26)19-10-2-1-3-11-19/h1-12,15,22H,13-14H2,(H,23,24). The topological polar surface area (TPSA) is 83.5 Å². The van der Waals surface area contributed by atoms with E-state index in [1.807, 2.05) is 18.2 Å². The molecule has 0 amide bonds. The van der Waals surface area contributed by atoms with Crippen LogP contribution in [0.4, 0.5) is 5.69 Å². The van der Waals surface area contributed by atoms with Crippen molar-refractivity contribution in [3.8, 4) is 0 Å². The summed E-state index contributed by atoms with van der Waals surface area (Å²) in [6.07, 6.45) is 1.18.